The normalized spacial score (nSPS) is 30.5. The molecule has 6 heteroatoms. The van der Waals surface area contributed by atoms with Gasteiger partial charge in [-0.1, -0.05) is 0 Å². The van der Waals surface area contributed by atoms with Gasteiger partial charge in [-0.25, -0.2) is 0 Å². The number of anilines is 2. The van der Waals surface area contributed by atoms with Crippen LogP contribution >= 0.6 is 0 Å². The summed E-state index contributed by atoms with van der Waals surface area (Å²) in [6.07, 6.45) is 2.43. The lowest BCUT2D eigenvalue weighted by Crippen LogP contribution is -2.43. The van der Waals surface area contributed by atoms with Gasteiger partial charge in [0.2, 0.25) is 5.91 Å². The molecule has 1 amide bonds. The lowest BCUT2D eigenvalue weighted by molar-refractivity contribution is -0.119. The molecule has 0 aliphatic carbocycles. The maximum Gasteiger partial charge on any atom is 0.247 e. The number of fused-ring (bicyclic) bond motifs is 5. The first-order valence-electron chi connectivity index (χ1n) is 8.42. The Kier molecular flexibility index (Phi) is 3.66. The van der Waals surface area contributed by atoms with E-state index in [0.717, 1.165) is 24.5 Å². The minimum atomic E-state index is -0.600. The number of ether oxygens (including phenoxy) is 1. The van der Waals surface area contributed by atoms with Gasteiger partial charge in [0.15, 0.2) is 0 Å². The van der Waals surface area contributed by atoms with Crippen LogP contribution in [0.3, 0.4) is 0 Å². The van der Waals surface area contributed by atoms with Crippen molar-refractivity contribution in [3.05, 3.63) is 18.2 Å². The van der Waals surface area contributed by atoms with E-state index in [1.165, 1.54) is 31.6 Å². The van der Waals surface area contributed by atoms with Gasteiger partial charge in [-0.15, -0.1) is 0 Å². The Morgan fingerprint density at radius 2 is 1.96 bits per heavy atom. The summed E-state index contributed by atoms with van der Waals surface area (Å²) >= 11 is 0. The zero-order valence-electron chi connectivity index (χ0n) is 13.6. The van der Waals surface area contributed by atoms with Crippen LogP contribution < -0.4 is 20.3 Å². The number of hydrogen-bond donors (Lipinski definition) is 1. The van der Waals surface area contributed by atoms with E-state index >= 15 is 0 Å². The molecule has 23 heavy (non-hydrogen) atoms. The number of piperidine rings is 1. The standard InChI is InChI=1S/C17H24N4O2/c1-19-15-10-13(2-3-16(15)23-11-14(18)17(19)22)21-9-8-20-6-4-12(21)5-7-20/h2-3,10,12,14H,4-9,11,18H2,1H3/t14-/m0/s1. The van der Waals surface area contributed by atoms with E-state index in [1.807, 2.05) is 6.07 Å². The highest BCUT2D eigenvalue weighted by molar-refractivity contribution is 5.99. The molecular formula is C17H24N4O2. The van der Waals surface area contributed by atoms with Crippen molar-refractivity contribution >= 4 is 17.3 Å². The molecule has 5 rings (SSSR count). The molecular weight excluding hydrogens is 292 g/mol. The van der Waals surface area contributed by atoms with Crippen LogP contribution in [0.25, 0.3) is 0 Å². The third kappa shape index (κ3) is 2.56. The highest BCUT2D eigenvalue weighted by Gasteiger charge is 2.31. The summed E-state index contributed by atoms with van der Waals surface area (Å²) in [5.41, 5.74) is 7.86. The molecule has 0 radical (unpaired) electrons. The number of nitrogens with two attached hydrogens (primary N) is 1. The molecule has 4 aliphatic rings. The summed E-state index contributed by atoms with van der Waals surface area (Å²) in [6, 6.07) is 6.17. The molecule has 0 saturated carbocycles. The average Bonchev–Trinajstić information content (AvgIpc) is 2.95. The molecule has 2 N–H and O–H groups in total. The molecule has 4 aliphatic heterocycles. The van der Waals surface area contributed by atoms with E-state index in [0.29, 0.717) is 6.04 Å². The molecule has 1 aromatic rings. The highest BCUT2D eigenvalue weighted by Crippen LogP contribution is 2.36. The van der Waals surface area contributed by atoms with Gasteiger partial charge in [0.05, 0.1) is 5.69 Å². The quantitative estimate of drug-likeness (QED) is 0.824. The number of hydrogen-bond acceptors (Lipinski definition) is 5. The Morgan fingerprint density at radius 1 is 1.17 bits per heavy atom. The molecule has 0 aromatic heterocycles. The van der Waals surface area contributed by atoms with Crippen LogP contribution in [0.4, 0.5) is 11.4 Å². The molecule has 3 fully saturated rings. The summed E-state index contributed by atoms with van der Waals surface area (Å²) in [5.74, 6) is 0.643. The maximum atomic E-state index is 12.3. The third-order valence-electron chi connectivity index (χ3n) is 5.36. The molecule has 0 unspecified atom stereocenters. The van der Waals surface area contributed by atoms with Crippen molar-refractivity contribution in [2.75, 3.05) is 49.6 Å². The van der Waals surface area contributed by atoms with Gasteiger partial charge < -0.3 is 25.2 Å². The summed E-state index contributed by atoms with van der Waals surface area (Å²) in [4.78, 5) is 18.9. The largest absolute Gasteiger partial charge is 0.489 e. The van der Waals surface area contributed by atoms with Gasteiger partial charge >= 0.3 is 0 Å². The van der Waals surface area contributed by atoms with Crippen molar-refractivity contribution in [3.63, 3.8) is 0 Å². The van der Waals surface area contributed by atoms with Crippen molar-refractivity contribution in [1.29, 1.82) is 0 Å². The van der Waals surface area contributed by atoms with Crippen LogP contribution in [0.2, 0.25) is 0 Å². The summed E-state index contributed by atoms with van der Waals surface area (Å²) in [6.45, 7) is 4.78. The number of nitrogens with zero attached hydrogens (tertiary/aromatic N) is 3. The number of amides is 1. The predicted molar refractivity (Wildman–Crippen MR) is 90.1 cm³/mol. The Bertz CT molecular complexity index is 613. The average molecular weight is 316 g/mol. The first-order valence-corrected chi connectivity index (χ1v) is 8.42. The zero-order chi connectivity index (χ0) is 16.0. The zero-order valence-corrected chi connectivity index (χ0v) is 13.6. The molecule has 1 atom stereocenters. The lowest BCUT2D eigenvalue weighted by atomic mass is 10.0. The second kappa shape index (κ2) is 5.69. The Balaban J connectivity index is 1.68. The van der Waals surface area contributed by atoms with Crippen LogP contribution in [0, 0.1) is 0 Å². The monoisotopic (exact) mass is 316 g/mol. The molecule has 124 valence electrons. The Hall–Kier alpha value is -1.79. The first kappa shape index (κ1) is 14.8. The summed E-state index contributed by atoms with van der Waals surface area (Å²) in [5, 5.41) is 0. The number of benzene rings is 1. The van der Waals surface area contributed by atoms with Crippen LogP contribution in [-0.4, -0.2) is 62.7 Å². The number of carbonyl (C=O) groups is 1. The fraction of sp³-hybridized carbons (Fsp3) is 0.588. The highest BCUT2D eigenvalue weighted by atomic mass is 16.5. The second-order valence-electron chi connectivity index (χ2n) is 6.73. The summed E-state index contributed by atoms with van der Waals surface area (Å²) in [7, 11) is 1.78. The van der Waals surface area contributed by atoms with Gasteiger partial charge in [-0.05, 0) is 31.0 Å². The fourth-order valence-electron chi connectivity index (χ4n) is 3.91. The predicted octanol–water partition coefficient (Wildman–Crippen LogP) is 0.654. The molecule has 6 nitrogen and oxygen atoms in total. The fourth-order valence-corrected chi connectivity index (χ4v) is 3.91. The van der Waals surface area contributed by atoms with Crippen molar-refractivity contribution in [2.24, 2.45) is 5.73 Å². The molecule has 4 heterocycles. The first-order chi connectivity index (χ1) is 11.1. The van der Waals surface area contributed by atoms with E-state index < -0.39 is 6.04 Å². The number of rotatable bonds is 1. The molecule has 1 aromatic carbocycles. The smallest absolute Gasteiger partial charge is 0.247 e. The van der Waals surface area contributed by atoms with Crippen molar-refractivity contribution in [1.82, 2.24) is 4.90 Å². The molecule has 2 bridgehead atoms. The van der Waals surface area contributed by atoms with Gasteiger partial charge in [-0.3, -0.25) is 4.79 Å². The van der Waals surface area contributed by atoms with Gasteiger partial charge in [0, 0.05) is 45.0 Å². The van der Waals surface area contributed by atoms with E-state index in [1.54, 1.807) is 11.9 Å². The Morgan fingerprint density at radius 3 is 2.74 bits per heavy atom. The SMILES string of the molecule is CN1C(=O)[C@@H](N)COc2ccc(N3CCN4CCC3CC4)cc21. The van der Waals surface area contributed by atoms with E-state index in [4.69, 9.17) is 10.5 Å². The van der Waals surface area contributed by atoms with Crippen LogP contribution in [0.5, 0.6) is 5.75 Å². The number of likely N-dealkylation sites (N-methyl/N-ethyl adjacent to an activating group) is 1. The minimum Gasteiger partial charge on any atom is -0.489 e. The van der Waals surface area contributed by atoms with Gasteiger partial charge in [0.25, 0.3) is 0 Å². The van der Waals surface area contributed by atoms with E-state index in [-0.39, 0.29) is 12.5 Å². The second-order valence-corrected chi connectivity index (χ2v) is 6.73. The molecule has 3 saturated heterocycles. The van der Waals surface area contributed by atoms with Crippen LogP contribution in [0.1, 0.15) is 12.8 Å². The topological polar surface area (TPSA) is 62.0 Å². The summed E-state index contributed by atoms with van der Waals surface area (Å²) < 4.78 is 5.72. The van der Waals surface area contributed by atoms with Crippen LogP contribution in [-0.2, 0) is 4.79 Å². The molecule has 0 spiro atoms. The van der Waals surface area contributed by atoms with Crippen molar-refractivity contribution in [3.8, 4) is 5.75 Å². The van der Waals surface area contributed by atoms with Gasteiger partial charge in [-0.2, -0.15) is 0 Å². The Labute approximate surface area is 136 Å². The van der Waals surface area contributed by atoms with Crippen molar-refractivity contribution < 1.29 is 9.53 Å². The van der Waals surface area contributed by atoms with Crippen LogP contribution in [0.15, 0.2) is 18.2 Å². The maximum absolute atomic E-state index is 12.3. The minimum absolute atomic E-state index is 0.0937. The lowest BCUT2D eigenvalue weighted by Gasteiger charge is -2.33. The van der Waals surface area contributed by atoms with Crippen molar-refractivity contribution in [2.45, 2.75) is 24.9 Å². The van der Waals surface area contributed by atoms with Gasteiger partial charge in [0.1, 0.15) is 18.4 Å². The number of carbonyl (C=O) groups excluding carboxylic acids is 1. The third-order valence-corrected chi connectivity index (χ3v) is 5.36. The van der Waals surface area contributed by atoms with E-state index in [9.17, 15) is 4.79 Å². The van der Waals surface area contributed by atoms with E-state index in [2.05, 4.69) is 21.9 Å².